The summed E-state index contributed by atoms with van der Waals surface area (Å²) in [6.45, 7) is 9.44. The molecule has 0 atom stereocenters. The van der Waals surface area contributed by atoms with Crippen molar-refractivity contribution in [1.82, 2.24) is 0 Å². The second-order valence-corrected chi connectivity index (χ2v) is 22.6. The van der Waals surface area contributed by atoms with Crippen LogP contribution >= 0.6 is 11.8 Å². The first kappa shape index (κ1) is 23.1. The van der Waals surface area contributed by atoms with Crippen molar-refractivity contribution in [1.29, 1.82) is 0 Å². The van der Waals surface area contributed by atoms with Crippen LogP contribution in [-0.2, 0) is 0 Å². The Morgan fingerprint density at radius 2 is 1.32 bits per heavy atom. The third-order valence-corrected chi connectivity index (χ3v) is 24.6. The van der Waals surface area contributed by atoms with Crippen LogP contribution < -0.4 is 0 Å². The van der Waals surface area contributed by atoms with Gasteiger partial charge in [-0.1, -0.05) is 0 Å². The molecule has 0 amide bonds. The van der Waals surface area contributed by atoms with E-state index in [0.29, 0.717) is 0 Å². The molecule has 0 unspecified atom stereocenters. The average molecular weight is 467 g/mol. The number of unbranched alkanes of at least 4 members (excludes halogenated alkanes) is 4. The van der Waals surface area contributed by atoms with Crippen molar-refractivity contribution in [3.8, 4) is 0 Å². The van der Waals surface area contributed by atoms with Crippen molar-refractivity contribution in [3.63, 3.8) is 0 Å². The van der Waals surface area contributed by atoms with E-state index < -0.39 is 18.4 Å². The van der Waals surface area contributed by atoms with Gasteiger partial charge in [0.2, 0.25) is 0 Å². The summed E-state index contributed by atoms with van der Waals surface area (Å²) in [5, 5.41) is 0. The normalized spacial score (nSPS) is 12.6. The topological polar surface area (TPSA) is 0 Å². The second-order valence-electron chi connectivity index (χ2n) is 7.36. The van der Waals surface area contributed by atoms with E-state index in [4.69, 9.17) is 0 Å². The summed E-state index contributed by atoms with van der Waals surface area (Å²) in [4.78, 5) is 1.45. The van der Waals surface area contributed by atoms with Crippen molar-refractivity contribution in [2.24, 2.45) is 0 Å². The first-order chi connectivity index (χ1) is 12.2. The number of allylic oxidation sites excluding steroid dienone is 1. The van der Waals surface area contributed by atoms with Gasteiger partial charge in [0, 0.05) is 0 Å². The third kappa shape index (κ3) is 8.56. The number of thioether (sulfide) groups is 1. The predicted octanol–water partition coefficient (Wildman–Crippen LogP) is 8.85. The minimum absolute atomic E-state index is 1.26. The molecule has 25 heavy (non-hydrogen) atoms. The van der Waals surface area contributed by atoms with Gasteiger partial charge in [-0.15, -0.1) is 0 Å². The molecular formula is C23H40SSn. The van der Waals surface area contributed by atoms with Crippen LogP contribution in [0.25, 0.3) is 0 Å². The van der Waals surface area contributed by atoms with Crippen LogP contribution in [0.3, 0.4) is 0 Å². The Kier molecular flexibility index (Phi) is 13.1. The summed E-state index contributed by atoms with van der Waals surface area (Å²) >= 11 is -0.156. The first-order valence-corrected chi connectivity index (χ1v) is 19.0. The van der Waals surface area contributed by atoms with Crippen molar-refractivity contribution in [2.45, 2.75) is 97.3 Å². The Morgan fingerprint density at radius 3 is 1.76 bits per heavy atom. The van der Waals surface area contributed by atoms with Gasteiger partial charge in [0.1, 0.15) is 0 Å². The molecule has 2 heteroatoms. The van der Waals surface area contributed by atoms with Crippen LogP contribution in [0.2, 0.25) is 13.3 Å². The van der Waals surface area contributed by atoms with E-state index >= 15 is 0 Å². The van der Waals surface area contributed by atoms with Gasteiger partial charge in [-0.3, -0.25) is 0 Å². The fourth-order valence-corrected chi connectivity index (χ4v) is 24.1. The van der Waals surface area contributed by atoms with Gasteiger partial charge in [-0.2, -0.15) is 0 Å². The average Bonchev–Trinajstić information content (AvgIpc) is 2.66. The molecule has 0 aliphatic carbocycles. The van der Waals surface area contributed by atoms with Crippen LogP contribution in [0.5, 0.6) is 0 Å². The van der Waals surface area contributed by atoms with Crippen LogP contribution in [0.15, 0.2) is 44.2 Å². The molecule has 142 valence electrons. The Morgan fingerprint density at radius 1 is 0.800 bits per heavy atom. The van der Waals surface area contributed by atoms with Crippen molar-refractivity contribution < 1.29 is 0 Å². The van der Waals surface area contributed by atoms with Gasteiger partial charge in [-0.25, -0.2) is 0 Å². The number of hydrogen-bond donors (Lipinski definition) is 0. The van der Waals surface area contributed by atoms with E-state index in [1.165, 1.54) is 56.3 Å². The van der Waals surface area contributed by atoms with Gasteiger partial charge in [0.15, 0.2) is 0 Å². The maximum atomic E-state index is 2.68. The molecule has 0 spiro atoms. The van der Waals surface area contributed by atoms with E-state index in [0.717, 1.165) is 0 Å². The van der Waals surface area contributed by atoms with Gasteiger partial charge in [-0.05, 0) is 0 Å². The molecule has 0 nitrogen and oxygen atoms in total. The summed E-state index contributed by atoms with van der Waals surface area (Å²) in [5.74, 6) is 0. The molecule has 1 aromatic rings. The molecule has 0 fully saturated rings. The first-order valence-electron chi connectivity index (χ1n) is 10.7. The third-order valence-electron chi connectivity index (χ3n) is 5.14. The molecule has 0 saturated carbocycles. The van der Waals surface area contributed by atoms with Gasteiger partial charge in [0.25, 0.3) is 0 Å². The molecule has 0 radical (unpaired) electrons. The molecule has 1 aromatic carbocycles. The summed E-state index contributed by atoms with van der Waals surface area (Å²) < 4.78 is 6.58. The van der Waals surface area contributed by atoms with Crippen LogP contribution in [0.1, 0.15) is 79.1 Å². The molecular weight excluding hydrogens is 427 g/mol. The Labute approximate surface area is 166 Å². The predicted molar refractivity (Wildman–Crippen MR) is 120 cm³/mol. The van der Waals surface area contributed by atoms with Crippen molar-refractivity contribution >= 4 is 30.1 Å². The molecule has 1 rings (SSSR count). The molecule has 0 N–H and O–H groups in total. The quantitative estimate of drug-likeness (QED) is 0.195. The molecule has 0 heterocycles. The molecule has 0 saturated heterocycles. The van der Waals surface area contributed by atoms with Crippen LogP contribution in [0.4, 0.5) is 0 Å². The minimum atomic E-state index is -2.30. The van der Waals surface area contributed by atoms with Crippen LogP contribution in [-0.4, -0.2) is 18.4 Å². The van der Waals surface area contributed by atoms with Crippen molar-refractivity contribution in [3.05, 3.63) is 39.3 Å². The van der Waals surface area contributed by atoms with Gasteiger partial charge < -0.3 is 0 Å². The van der Waals surface area contributed by atoms with Gasteiger partial charge in [0.05, 0.1) is 0 Å². The fourth-order valence-electron chi connectivity index (χ4n) is 3.55. The summed E-state index contributed by atoms with van der Waals surface area (Å²) in [6.07, 6.45) is 13.6. The monoisotopic (exact) mass is 468 g/mol. The summed E-state index contributed by atoms with van der Waals surface area (Å²) in [5.41, 5.74) is 0. The van der Waals surface area contributed by atoms with E-state index in [-0.39, 0.29) is 0 Å². The molecule has 0 aliphatic heterocycles. The zero-order chi connectivity index (χ0) is 18.4. The van der Waals surface area contributed by atoms with E-state index in [2.05, 4.69) is 75.9 Å². The molecule has 0 aliphatic rings. The number of hydrogen-bond acceptors (Lipinski definition) is 1. The van der Waals surface area contributed by atoms with E-state index in [9.17, 15) is 0 Å². The number of rotatable bonds is 14. The Hall–Kier alpha value is 0.109. The zero-order valence-corrected chi connectivity index (χ0v) is 20.8. The summed E-state index contributed by atoms with van der Waals surface area (Å²) in [6, 6.07) is 11.1. The molecule has 0 bridgehead atoms. The number of benzene rings is 1. The van der Waals surface area contributed by atoms with Gasteiger partial charge >= 0.3 is 167 Å². The van der Waals surface area contributed by atoms with E-state index in [1.807, 2.05) is 2.92 Å². The second kappa shape index (κ2) is 14.2. The maximum absolute atomic E-state index is 2.68. The standard InChI is InChI=1S/C11H13S.3C4H9.Sn/c1-2-3-7-10-12-11-8-5-4-6-9-11;3*1-3-4-2;/h4-9H,2-3H2,1H3;3*1,3-4H2,2H3;. The van der Waals surface area contributed by atoms with Crippen LogP contribution in [0, 0.1) is 0 Å². The Balaban J connectivity index is 3.17. The van der Waals surface area contributed by atoms with Crippen molar-refractivity contribution in [2.75, 3.05) is 0 Å². The van der Waals surface area contributed by atoms with E-state index in [1.54, 1.807) is 13.3 Å². The SMILES string of the molecule is CCC/C=[C](\Sc1ccccc1)[Sn]([CH2]CCC)([CH2]CCC)[CH2]CCC. The summed E-state index contributed by atoms with van der Waals surface area (Å²) in [7, 11) is 0. The molecule has 0 aromatic heterocycles. The zero-order valence-electron chi connectivity index (χ0n) is 17.2. The Bertz CT molecular complexity index is 444. The fraction of sp³-hybridized carbons (Fsp3) is 0.652.